The molecule has 2 aliphatic rings. The monoisotopic (exact) mass is 1060 g/mol. The molecule has 2 atom stereocenters. The van der Waals surface area contributed by atoms with Gasteiger partial charge in [0, 0.05) is 21.7 Å². The number of halogens is 23. The molecule has 5 radical (unpaired) electrons. The Labute approximate surface area is 351 Å². The second kappa shape index (κ2) is 19.7. The maximum absolute atomic E-state index is 16.0. The van der Waals surface area contributed by atoms with Gasteiger partial charge in [-0.3, -0.25) is 0 Å². The van der Waals surface area contributed by atoms with E-state index in [4.69, 9.17) is 0 Å². The van der Waals surface area contributed by atoms with E-state index in [9.17, 15) is 52.4 Å². The summed E-state index contributed by atoms with van der Waals surface area (Å²) in [5.74, 6) is -48.1. The van der Waals surface area contributed by atoms with Crippen LogP contribution in [0.15, 0.2) is 0 Å². The van der Waals surface area contributed by atoms with Crippen LogP contribution in [0.3, 0.4) is 0 Å². The van der Waals surface area contributed by atoms with Crippen LogP contribution in [0, 0.1) is 135 Å². The standard InChI is InChI=1S/C35H15F18P2.BF4.ClH.Rh/c1-8-5-10-6-12-14(36)16(38)20(42)26(48)32(12)54(34-28(50)22(44)18(40)23(45)29(34)51)3-4-55(35-30(52)24(46)19(41)25(47)31(35)53)33-13(7-11(8)9(10)2)15(37)17(39)21(43)27(33)49;2-1(3,4)5;;/h5H,3-4,6-7H2,1-2H3;;1H;/q;-1;;+3/p-1. The zero-order valence-electron chi connectivity index (χ0n) is 29.9. The van der Waals surface area contributed by atoms with E-state index in [-0.39, 0.29) is 23.7 Å². The number of hydrogen-bond donors (Lipinski definition) is 0. The topological polar surface area (TPSA) is 0 Å². The van der Waals surface area contributed by atoms with Crippen LogP contribution in [0.25, 0.3) is 0 Å². The van der Waals surface area contributed by atoms with E-state index in [0.29, 0.717) is 0 Å². The molecule has 6 rings (SSSR count). The third-order valence-corrected chi connectivity index (χ3v) is 14.8. The van der Waals surface area contributed by atoms with Crippen LogP contribution in [0.1, 0.15) is 25.0 Å². The number of fused-ring (bicyclic) bond motifs is 4. The summed E-state index contributed by atoms with van der Waals surface area (Å²) in [5, 5.41) is -7.35. The van der Waals surface area contributed by atoms with Crippen LogP contribution in [0.5, 0.6) is 0 Å². The van der Waals surface area contributed by atoms with Crippen molar-refractivity contribution in [3.8, 4) is 0 Å². The zero-order chi connectivity index (χ0) is 47.4. The molecule has 27 heteroatoms. The van der Waals surface area contributed by atoms with E-state index in [1.165, 1.54) is 6.92 Å². The Kier molecular flexibility index (Phi) is 16.5. The molecule has 4 aromatic rings. The van der Waals surface area contributed by atoms with Gasteiger partial charge in [0.2, 0.25) is 11.6 Å². The minimum absolute atomic E-state index is 0.00680. The Bertz CT molecular complexity index is 2340. The predicted octanol–water partition coefficient (Wildman–Crippen LogP) is 11.4. The molecule has 2 unspecified atom stereocenters. The Morgan fingerprint density at radius 2 is 0.645 bits per heavy atom. The van der Waals surface area contributed by atoms with Crippen molar-refractivity contribution in [1.29, 1.82) is 0 Å². The number of rotatable bonds is 2. The fourth-order valence-electron chi connectivity index (χ4n) is 6.52. The second-order valence-electron chi connectivity index (χ2n) is 12.6. The first-order valence-corrected chi connectivity index (χ1v) is 21.3. The predicted molar refractivity (Wildman–Crippen MR) is 179 cm³/mol. The molecule has 0 saturated heterocycles. The van der Waals surface area contributed by atoms with Gasteiger partial charge >= 0.3 is 34.3 Å². The molecular weight excluding hydrogens is 1050 g/mol. The molecule has 0 spiro atoms. The summed E-state index contributed by atoms with van der Waals surface area (Å²) in [4.78, 5) is 0. The molecule has 1 saturated carbocycles. The van der Waals surface area contributed by atoms with Crippen LogP contribution in [0.4, 0.5) is 96.3 Å². The molecule has 1 heterocycles. The Morgan fingerprint density at radius 3 is 0.952 bits per heavy atom. The van der Waals surface area contributed by atoms with E-state index in [1.54, 1.807) is 0 Å². The summed E-state index contributed by atoms with van der Waals surface area (Å²) in [5.41, 5.74) is -2.61. The Hall–Kier alpha value is -2.82. The summed E-state index contributed by atoms with van der Waals surface area (Å²) >= 11 is 2.02. The third-order valence-electron chi connectivity index (χ3n) is 9.20. The SMILES string of the molecule is C[C]1[CH][C]2Cc3c(F)c(F)c(F)c(F)c3P(c3c(F)c(F)c(F)c(F)c3F)CCP(c3c(F)c(F)c(F)c(F)c3F)c3c(F)c(F)c(F)c(F)c3C[C]1[C]2C.F[B-](F)(F)F.[Cl][Rh+2]. The van der Waals surface area contributed by atoms with E-state index in [1.807, 2.05) is 17.3 Å². The van der Waals surface area contributed by atoms with Gasteiger partial charge in [0.15, 0.2) is 93.1 Å². The fraction of sp³-hybridized carbons (Fsp3) is 0.171. The van der Waals surface area contributed by atoms with Gasteiger partial charge in [0.05, 0.1) is 10.6 Å². The summed E-state index contributed by atoms with van der Waals surface area (Å²) in [7, 11) is -9.46. The zero-order valence-corrected chi connectivity index (χ0v) is 34.1. The molecule has 0 N–H and O–H groups in total. The maximum atomic E-state index is 16.0. The van der Waals surface area contributed by atoms with E-state index in [0.717, 1.165) is 13.3 Å². The van der Waals surface area contributed by atoms with E-state index < -0.39 is 185 Å². The third kappa shape index (κ3) is 9.45. The molecule has 1 fully saturated rings. The first-order chi connectivity index (χ1) is 28.6. The van der Waals surface area contributed by atoms with Crippen molar-refractivity contribution in [3.05, 3.63) is 146 Å². The minimum atomic E-state index is -6.00. The first-order valence-electron chi connectivity index (χ1n) is 16.2. The molecular formula is C35H15BClF22P2Rh+. The Morgan fingerprint density at radius 1 is 0.403 bits per heavy atom. The van der Waals surface area contributed by atoms with Crippen LogP contribution in [-0.2, 0) is 30.2 Å². The molecule has 0 aromatic heterocycles. The van der Waals surface area contributed by atoms with Gasteiger partial charge in [-0.1, -0.05) is 13.8 Å². The van der Waals surface area contributed by atoms with Gasteiger partial charge in [-0.25, -0.2) is 79.0 Å². The van der Waals surface area contributed by atoms with Crippen molar-refractivity contribution in [3.63, 3.8) is 0 Å². The fourth-order valence-corrected chi connectivity index (χ4v) is 12.5. The van der Waals surface area contributed by atoms with Crippen LogP contribution < -0.4 is 21.2 Å². The van der Waals surface area contributed by atoms with Gasteiger partial charge in [0.1, 0.15) is 0 Å². The van der Waals surface area contributed by atoms with Crippen LogP contribution in [0.2, 0.25) is 0 Å². The summed E-state index contributed by atoms with van der Waals surface area (Å²) < 4.78 is 312. The Balaban J connectivity index is 0.00000113. The molecule has 1 aliphatic carbocycles. The number of benzene rings is 4. The van der Waals surface area contributed by atoms with Crippen molar-refractivity contribution in [1.82, 2.24) is 0 Å². The van der Waals surface area contributed by atoms with Gasteiger partial charge in [0.25, 0.3) is 0 Å². The van der Waals surface area contributed by atoms with Crippen LogP contribution >= 0.6 is 25.5 Å². The molecule has 0 nitrogen and oxygen atoms in total. The van der Waals surface area contributed by atoms with E-state index >= 15 is 43.9 Å². The molecule has 4 aromatic carbocycles. The van der Waals surface area contributed by atoms with Crippen molar-refractivity contribution < 1.29 is 114 Å². The molecule has 62 heavy (non-hydrogen) atoms. The summed E-state index contributed by atoms with van der Waals surface area (Å²) in [6.45, 7) is 2.38. The van der Waals surface area contributed by atoms with Crippen LogP contribution in [-0.4, -0.2) is 19.6 Å². The molecule has 1 aliphatic heterocycles. The van der Waals surface area contributed by atoms with Crippen molar-refractivity contribution in [2.75, 3.05) is 12.3 Å². The molecule has 337 valence electrons. The van der Waals surface area contributed by atoms with Crippen molar-refractivity contribution >= 4 is 54.0 Å². The van der Waals surface area contributed by atoms with E-state index in [2.05, 4.69) is 9.69 Å². The van der Waals surface area contributed by atoms with Gasteiger partial charge in [-0.2, -0.15) is 0 Å². The summed E-state index contributed by atoms with van der Waals surface area (Å²) in [6.07, 6.45) is -4.29. The van der Waals surface area contributed by atoms with Crippen molar-refractivity contribution in [2.24, 2.45) is 0 Å². The molecule has 0 amide bonds. The van der Waals surface area contributed by atoms with Gasteiger partial charge in [-0.15, -0.1) is 0 Å². The molecule has 2 bridgehead atoms. The van der Waals surface area contributed by atoms with Gasteiger partial charge in [-0.05, 0) is 71.1 Å². The quantitative estimate of drug-likeness (QED) is 0.0617. The average Bonchev–Trinajstić information content (AvgIpc) is 3.48. The van der Waals surface area contributed by atoms with Gasteiger partial charge < -0.3 is 17.3 Å². The normalized spacial score (nSPS) is 17.9. The van der Waals surface area contributed by atoms with Crippen molar-refractivity contribution in [2.45, 2.75) is 26.7 Å². The second-order valence-corrected chi connectivity index (χ2v) is 17.0. The first kappa shape index (κ1) is 51.8. The average molecular weight is 1060 g/mol. The number of hydrogen-bond acceptors (Lipinski definition) is 0. The summed E-state index contributed by atoms with van der Waals surface area (Å²) in [6, 6.07) is 0.